The molecule has 0 radical (unpaired) electrons. The number of carbonyl (C=O) groups excluding carboxylic acids is 1. The van der Waals surface area contributed by atoms with Crippen LogP contribution in [0.3, 0.4) is 0 Å². The van der Waals surface area contributed by atoms with Crippen LogP contribution >= 0.6 is 11.8 Å². The maximum Gasteiger partial charge on any atom is 0.172 e. The highest BCUT2D eigenvalue weighted by molar-refractivity contribution is 8.00. The zero-order valence-electron chi connectivity index (χ0n) is 10.4. The van der Waals surface area contributed by atoms with Crippen LogP contribution < -0.4 is 0 Å². The second kappa shape index (κ2) is 6.25. The predicted octanol–water partition coefficient (Wildman–Crippen LogP) is 4.24. The van der Waals surface area contributed by atoms with Gasteiger partial charge in [0, 0.05) is 10.8 Å². The molecule has 0 saturated heterocycles. The lowest BCUT2D eigenvalue weighted by atomic mass is 10.0. The Labute approximate surface area is 108 Å². The van der Waals surface area contributed by atoms with Crippen LogP contribution in [0.4, 0.5) is 0 Å². The first kappa shape index (κ1) is 12.7. The minimum atomic E-state index is 0.282. The zero-order chi connectivity index (χ0) is 12.1. The summed E-state index contributed by atoms with van der Waals surface area (Å²) in [6, 6.07) is 7.92. The summed E-state index contributed by atoms with van der Waals surface area (Å²) in [6.45, 7) is 2.03. The summed E-state index contributed by atoms with van der Waals surface area (Å²) in [5.74, 6) is 0.929. The molecule has 1 fully saturated rings. The Hall–Kier alpha value is -0.760. The fourth-order valence-electron chi connectivity index (χ4n) is 2.33. The van der Waals surface area contributed by atoms with Crippen molar-refractivity contribution < 1.29 is 4.79 Å². The van der Waals surface area contributed by atoms with Crippen LogP contribution in [-0.2, 0) is 0 Å². The van der Waals surface area contributed by atoms with Crippen molar-refractivity contribution in [2.75, 3.05) is 5.75 Å². The maximum absolute atomic E-state index is 12.0. The lowest BCUT2D eigenvalue weighted by Gasteiger charge is -2.20. The first-order valence-corrected chi connectivity index (χ1v) is 7.52. The van der Waals surface area contributed by atoms with Gasteiger partial charge in [-0.3, -0.25) is 4.79 Å². The normalized spacial score (nSPS) is 17.0. The van der Waals surface area contributed by atoms with Gasteiger partial charge in [0.1, 0.15) is 0 Å². The number of Topliss-reactive ketones (excluding diaryl/α,β-unsaturated/α-hetero) is 1. The van der Waals surface area contributed by atoms with E-state index in [0.717, 1.165) is 10.8 Å². The number of benzene rings is 1. The van der Waals surface area contributed by atoms with Crippen LogP contribution in [-0.4, -0.2) is 16.8 Å². The van der Waals surface area contributed by atoms with E-state index >= 15 is 0 Å². The van der Waals surface area contributed by atoms with Crippen LogP contribution in [0.1, 0.15) is 48.0 Å². The first-order chi connectivity index (χ1) is 8.25. The van der Waals surface area contributed by atoms with Gasteiger partial charge in [0.25, 0.3) is 0 Å². The minimum Gasteiger partial charge on any atom is -0.293 e. The van der Waals surface area contributed by atoms with E-state index in [1.54, 1.807) is 0 Å². The molecule has 0 aliphatic heterocycles. The third kappa shape index (κ3) is 3.88. The summed E-state index contributed by atoms with van der Waals surface area (Å²) in [7, 11) is 0. The largest absolute Gasteiger partial charge is 0.293 e. The van der Waals surface area contributed by atoms with Gasteiger partial charge in [-0.1, -0.05) is 43.0 Å². The van der Waals surface area contributed by atoms with Crippen LogP contribution in [0.2, 0.25) is 0 Å². The Morgan fingerprint density at radius 1 is 1.29 bits per heavy atom. The first-order valence-electron chi connectivity index (χ1n) is 6.47. The van der Waals surface area contributed by atoms with E-state index < -0.39 is 0 Å². The molecule has 92 valence electrons. The molecule has 2 rings (SSSR count). The molecule has 1 aliphatic rings. The summed E-state index contributed by atoms with van der Waals surface area (Å²) in [4.78, 5) is 12.0. The van der Waals surface area contributed by atoms with Gasteiger partial charge in [0.2, 0.25) is 0 Å². The third-order valence-electron chi connectivity index (χ3n) is 3.34. The lowest BCUT2D eigenvalue weighted by Crippen LogP contribution is -2.12. The second-order valence-corrected chi connectivity index (χ2v) is 6.15. The van der Waals surface area contributed by atoms with Gasteiger partial charge >= 0.3 is 0 Å². The average Bonchev–Trinajstić information content (AvgIpc) is 2.37. The van der Waals surface area contributed by atoms with Crippen LogP contribution in [0.25, 0.3) is 0 Å². The molecule has 0 spiro atoms. The Morgan fingerprint density at radius 2 is 2.06 bits per heavy atom. The molecule has 2 heteroatoms. The summed E-state index contributed by atoms with van der Waals surface area (Å²) < 4.78 is 0. The van der Waals surface area contributed by atoms with E-state index in [2.05, 4.69) is 0 Å². The highest BCUT2D eigenvalue weighted by atomic mass is 32.2. The second-order valence-electron chi connectivity index (χ2n) is 4.86. The Balaban J connectivity index is 1.84. The third-order valence-corrected chi connectivity index (χ3v) is 4.71. The van der Waals surface area contributed by atoms with Crippen LogP contribution in [0.15, 0.2) is 24.3 Å². The Bertz CT molecular complexity index is 380. The molecule has 0 aromatic heterocycles. The van der Waals surface area contributed by atoms with Crippen LogP contribution in [0, 0.1) is 6.92 Å². The minimum absolute atomic E-state index is 0.282. The van der Waals surface area contributed by atoms with E-state index in [1.807, 2.05) is 43.0 Å². The monoisotopic (exact) mass is 248 g/mol. The van der Waals surface area contributed by atoms with Gasteiger partial charge < -0.3 is 0 Å². The number of aryl methyl sites for hydroxylation is 1. The highest BCUT2D eigenvalue weighted by Crippen LogP contribution is 2.28. The van der Waals surface area contributed by atoms with Crippen molar-refractivity contribution >= 4 is 17.5 Å². The number of hydrogen-bond acceptors (Lipinski definition) is 2. The topological polar surface area (TPSA) is 17.1 Å². The fourth-order valence-corrected chi connectivity index (χ4v) is 3.55. The molecule has 0 bridgehead atoms. The molecular formula is C15H20OS. The molecule has 1 saturated carbocycles. The van der Waals surface area contributed by atoms with E-state index in [-0.39, 0.29) is 5.78 Å². The molecule has 1 aromatic rings. The number of rotatable bonds is 4. The smallest absolute Gasteiger partial charge is 0.172 e. The van der Waals surface area contributed by atoms with E-state index in [4.69, 9.17) is 0 Å². The molecule has 0 amide bonds. The molecule has 0 heterocycles. The Kier molecular flexibility index (Phi) is 4.66. The van der Waals surface area contributed by atoms with Crippen molar-refractivity contribution in [2.24, 2.45) is 0 Å². The van der Waals surface area contributed by atoms with Gasteiger partial charge in [0.15, 0.2) is 5.78 Å². The molecule has 0 atom stereocenters. The van der Waals surface area contributed by atoms with Gasteiger partial charge in [0.05, 0.1) is 5.75 Å². The molecule has 1 nitrogen and oxygen atoms in total. The zero-order valence-corrected chi connectivity index (χ0v) is 11.3. The molecule has 0 N–H and O–H groups in total. The maximum atomic E-state index is 12.0. The van der Waals surface area contributed by atoms with E-state index in [1.165, 1.54) is 37.7 Å². The van der Waals surface area contributed by atoms with Crippen molar-refractivity contribution in [3.05, 3.63) is 35.4 Å². The van der Waals surface area contributed by atoms with Crippen molar-refractivity contribution in [2.45, 2.75) is 44.3 Å². The molecular weight excluding hydrogens is 228 g/mol. The predicted molar refractivity (Wildman–Crippen MR) is 74.8 cm³/mol. The molecule has 17 heavy (non-hydrogen) atoms. The number of carbonyl (C=O) groups is 1. The van der Waals surface area contributed by atoms with Gasteiger partial charge in [-0.25, -0.2) is 0 Å². The number of ketones is 1. The van der Waals surface area contributed by atoms with Crippen LogP contribution in [0.5, 0.6) is 0 Å². The molecule has 1 aliphatic carbocycles. The van der Waals surface area contributed by atoms with Crippen molar-refractivity contribution in [3.63, 3.8) is 0 Å². The van der Waals surface area contributed by atoms with Crippen molar-refractivity contribution in [1.82, 2.24) is 0 Å². The van der Waals surface area contributed by atoms with Crippen molar-refractivity contribution in [1.29, 1.82) is 0 Å². The summed E-state index contributed by atoms with van der Waals surface area (Å²) in [5.41, 5.74) is 2.03. The standard InChI is InChI=1S/C15H20OS/c1-12-6-5-7-13(10-12)15(16)11-17-14-8-3-2-4-9-14/h5-7,10,14H,2-4,8-9,11H2,1H3. The van der Waals surface area contributed by atoms with Gasteiger partial charge in [-0.15, -0.1) is 0 Å². The van der Waals surface area contributed by atoms with Gasteiger partial charge in [-0.05, 0) is 25.8 Å². The Morgan fingerprint density at radius 3 is 2.76 bits per heavy atom. The summed E-state index contributed by atoms with van der Waals surface area (Å²) in [5, 5.41) is 0.720. The summed E-state index contributed by atoms with van der Waals surface area (Å²) >= 11 is 1.86. The van der Waals surface area contributed by atoms with E-state index in [0.29, 0.717) is 5.75 Å². The molecule has 1 aromatic carbocycles. The van der Waals surface area contributed by atoms with Crippen molar-refractivity contribution in [3.8, 4) is 0 Å². The van der Waals surface area contributed by atoms with E-state index in [9.17, 15) is 4.79 Å². The lowest BCUT2D eigenvalue weighted by molar-refractivity contribution is 0.102. The number of hydrogen-bond donors (Lipinski definition) is 0. The fraction of sp³-hybridized carbons (Fsp3) is 0.533. The highest BCUT2D eigenvalue weighted by Gasteiger charge is 2.15. The number of thioether (sulfide) groups is 1. The quantitative estimate of drug-likeness (QED) is 0.741. The SMILES string of the molecule is Cc1cccc(C(=O)CSC2CCCCC2)c1. The summed E-state index contributed by atoms with van der Waals surface area (Å²) in [6.07, 6.45) is 6.66. The molecule has 0 unspecified atom stereocenters. The average molecular weight is 248 g/mol. The van der Waals surface area contributed by atoms with Gasteiger partial charge in [-0.2, -0.15) is 11.8 Å².